The van der Waals surface area contributed by atoms with Crippen LogP contribution in [0, 0.1) is 5.92 Å². The molecule has 0 radical (unpaired) electrons. The number of aliphatic hydroxyl groups is 1. The minimum Gasteiger partial charge on any atom is -0.480 e. The summed E-state index contributed by atoms with van der Waals surface area (Å²) in [5.41, 5.74) is 12.2. The summed E-state index contributed by atoms with van der Waals surface area (Å²) in [5, 5.41) is 27.1. The van der Waals surface area contributed by atoms with Gasteiger partial charge >= 0.3 is 5.97 Å². The molecular formula is C25H41N5O6. The SMILES string of the molecule is CC(C)CC(NC(=O)C(NC(=O)C(Cc1ccccc1)NC(=O)C(N)CCCCN)C(C)O)C(=O)O. The third kappa shape index (κ3) is 11.1. The molecule has 0 aliphatic rings. The van der Waals surface area contributed by atoms with E-state index >= 15 is 0 Å². The van der Waals surface area contributed by atoms with E-state index in [2.05, 4.69) is 16.0 Å². The molecule has 11 heteroatoms. The van der Waals surface area contributed by atoms with Crippen LogP contribution in [0.5, 0.6) is 0 Å². The van der Waals surface area contributed by atoms with Crippen molar-refractivity contribution in [2.24, 2.45) is 17.4 Å². The zero-order chi connectivity index (χ0) is 27.3. The number of hydrogen-bond acceptors (Lipinski definition) is 7. The molecule has 5 atom stereocenters. The number of unbranched alkanes of at least 4 members (excludes halogenated alkanes) is 1. The number of benzene rings is 1. The second-order valence-electron chi connectivity index (χ2n) is 9.40. The maximum atomic E-state index is 13.2. The van der Waals surface area contributed by atoms with Gasteiger partial charge in [-0.15, -0.1) is 0 Å². The van der Waals surface area contributed by atoms with Crippen molar-refractivity contribution in [3.63, 3.8) is 0 Å². The Labute approximate surface area is 212 Å². The van der Waals surface area contributed by atoms with Gasteiger partial charge in [0.05, 0.1) is 12.1 Å². The summed E-state index contributed by atoms with van der Waals surface area (Å²) in [7, 11) is 0. The zero-order valence-corrected chi connectivity index (χ0v) is 21.3. The number of amides is 3. The molecule has 1 rings (SSSR count). The zero-order valence-electron chi connectivity index (χ0n) is 21.3. The third-order valence-electron chi connectivity index (χ3n) is 5.61. The van der Waals surface area contributed by atoms with E-state index in [-0.39, 0.29) is 18.8 Å². The summed E-state index contributed by atoms with van der Waals surface area (Å²) in [6, 6.07) is 4.43. The normalized spacial score (nSPS) is 15.3. The fraction of sp³-hybridized carbons (Fsp3) is 0.600. The van der Waals surface area contributed by atoms with E-state index < -0.39 is 54.0 Å². The number of nitrogens with one attached hydrogen (secondary N) is 3. The van der Waals surface area contributed by atoms with Crippen molar-refractivity contribution in [1.29, 1.82) is 0 Å². The molecule has 0 aliphatic heterocycles. The van der Waals surface area contributed by atoms with Gasteiger partial charge in [-0.25, -0.2) is 4.79 Å². The van der Waals surface area contributed by atoms with Crippen molar-refractivity contribution in [1.82, 2.24) is 16.0 Å². The number of aliphatic hydroxyl groups excluding tert-OH is 1. The molecular weight excluding hydrogens is 466 g/mol. The highest BCUT2D eigenvalue weighted by Crippen LogP contribution is 2.08. The Morgan fingerprint density at radius 2 is 1.50 bits per heavy atom. The summed E-state index contributed by atoms with van der Waals surface area (Å²) in [4.78, 5) is 50.2. The average Bonchev–Trinajstić information content (AvgIpc) is 2.81. The van der Waals surface area contributed by atoms with E-state index in [1.807, 2.05) is 19.9 Å². The molecule has 9 N–H and O–H groups in total. The highest BCUT2D eigenvalue weighted by molar-refractivity contribution is 5.94. The van der Waals surface area contributed by atoms with Crippen LogP contribution in [-0.2, 0) is 25.6 Å². The topological polar surface area (TPSA) is 197 Å². The first-order valence-electron chi connectivity index (χ1n) is 12.3. The Balaban J connectivity index is 3.02. The second kappa shape index (κ2) is 15.9. The van der Waals surface area contributed by atoms with Crippen molar-refractivity contribution < 1.29 is 29.4 Å². The highest BCUT2D eigenvalue weighted by Gasteiger charge is 2.33. The number of rotatable bonds is 16. The van der Waals surface area contributed by atoms with Gasteiger partial charge in [-0.3, -0.25) is 14.4 Å². The van der Waals surface area contributed by atoms with Gasteiger partial charge < -0.3 is 37.6 Å². The van der Waals surface area contributed by atoms with Crippen molar-refractivity contribution in [2.45, 2.75) is 83.1 Å². The van der Waals surface area contributed by atoms with Crippen molar-refractivity contribution in [3.8, 4) is 0 Å². The molecule has 1 aromatic carbocycles. The Morgan fingerprint density at radius 3 is 2.03 bits per heavy atom. The largest absolute Gasteiger partial charge is 0.480 e. The van der Waals surface area contributed by atoms with Gasteiger partial charge in [0.1, 0.15) is 18.1 Å². The first-order chi connectivity index (χ1) is 17.0. The molecule has 36 heavy (non-hydrogen) atoms. The summed E-state index contributed by atoms with van der Waals surface area (Å²) in [6.45, 7) is 5.41. The monoisotopic (exact) mass is 507 g/mol. The first kappa shape index (κ1) is 31.0. The van der Waals surface area contributed by atoms with Crippen LogP contribution in [-0.4, -0.2) is 70.7 Å². The van der Waals surface area contributed by atoms with Gasteiger partial charge in [0.15, 0.2) is 0 Å². The molecule has 0 fully saturated rings. The quantitative estimate of drug-likeness (QED) is 0.147. The second-order valence-corrected chi connectivity index (χ2v) is 9.40. The lowest BCUT2D eigenvalue weighted by molar-refractivity contribution is -0.143. The number of hydrogen-bond donors (Lipinski definition) is 7. The lowest BCUT2D eigenvalue weighted by atomic mass is 10.0. The van der Waals surface area contributed by atoms with Crippen LogP contribution < -0.4 is 27.4 Å². The van der Waals surface area contributed by atoms with E-state index in [1.165, 1.54) is 6.92 Å². The van der Waals surface area contributed by atoms with Crippen molar-refractivity contribution >= 4 is 23.7 Å². The first-order valence-corrected chi connectivity index (χ1v) is 12.3. The predicted molar refractivity (Wildman–Crippen MR) is 136 cm³/mol. The predicted octanol–water partition coefficient (Wildman–Crippen LogP) is -0.349. The number of nitrogens with two attached hydrogens (primary N) is 2. The van der Waals surface area contributed by atoms with E-state index in [0.717, 1.165) is 5.56 Å². The van der Waals surface area contributed by atoms with Crippen LogP contribution in [0.3, 0.4) is 0 Å². The Hall–Kier alpha value is -3.02. The number of carboxylic acid groups (broad SMARTS) is 1. The molecule has 0 bridgehead atoms. The molecule has 202 valence electrons. The molecule has 1 aromatic rings. The Kier molecular flexibility index (Phi) is 13.7. The maximum absolute atomic E-state index is 13.2. The highest BCUT2D eigenvalue weighted by atomic mass is 16.4. The molecule has 3 amide bonds. The van der Waals surface area contributed by atoms with Gasteiger partial charge in [0.25, 0.3) is 0 Å². The number of carboxylic acids is 1. The Morgan fingerprint density at radius 1 is 0.889 bits per heavy atom. The summed E-state index contributed by atoms with van der Waals surface area (Å²) >= 11 is 0. The van der Waals surface area contributed by atoms with Crippen LogP contribution in [0.2, 0.25) is 0 Å². The molecule has 0 saturated heterocycles. The van der Waals surface area contributed by atoms with Crippen LogP contribution in [0.4, 0.5) is 0 Å². The van der Waals surface area contributed by atoms with Crippen LogP contribution >= 0.6 is 0 Å². The lowest BCUT2D eigenvalue weighted by Crippen LogP contribution is -2.60. The van der Waals surface area contributed by atoms with Crippen LogP contribution in [0.1, 0.15) is 52.0 Å². The van der Waals surface area contributed by atoms with Crippen LogP contribution in [0.15, 0.2) is 30.3 Å². The van der Waals surface area contributed by atoms with Gasteiger partial charge in [-0.2, -0.15) is 0 Å². The fourth-order valence-corrected chi connectivity index (χ4v) is 3.59. The Bertz CT molecular complexity index is 849. The van der Waals surface area contributed by atoms with Gasteiger partial charge in [0, 0.05) is 6.42 Å². The van der Waals surface area contributed by atoms with E-state index in [9.17, 15) is 29.4 Å². The van der Waals surface area contributed by atoms with E-state index in [4.69, 9.17) is 11.5 Å². The van der Waals surface area contributed by atoms with Gasteiger partial charge in [0.2, 0.25) is 17.7 Å². The number of carbonyl (C=O) groups excluding carboxylic acids is 3. The smallest absolute Gasteiger partial charge is 0.326 e. The number of carbonyl (C=O) groups is 4. The third-order valence-corrected chi connectivity index (χ3v) is 5.61. The van der Waals surface area contributed by atoms with Gasteiger partial charge in [-0.1, -0.05) is 50.6 Å². The summed E-state index contributed by atoms with van der Waals surface area (Å²) < 4.78 is 0. The molecule has 0 saturated carbocycles. The minimum atomic E-state index is -1.43. The standard InChI is InChI=1S/C25H41N5O6/c1-15(2)13-20(25(35)36)29-24(34)21(16(3)31)30-23(33)19(14-17-9-5-4-6-10-17)28-22(32)18(27)11-7-8-12-26/h4-6,9-10,15-16,18-21,31H,7-8,11-14,26-27H2,1-3H3,(H,28,32)(H,29,34)(H,30,33)(H,35,36). The molecule has 0 aromatic heterocycles. The summed E-state index contributed by atoms with van der Waals surface area (Å²) in [6.07, 6.45) is 0.742. The minimum absolute atomic E-state index is 0.00878. The summed E-state index contributed by atoms with van der Waals surface area (Å²) in [5.74, 6) is -3.30. The molecule has 11 nitrogen and oxygen atoms in total. The molecule has 0 spiro atoms. The lowest BCUT2D eigenvalue weighted by Gasteiger charge is -2.27. The van der Waals surface area contributed by atoms with E-state index in [0.29, 0.717) is 25.8 Å². The fourth-order valence-electron chi connectivity index (χ4n) is 3.59. The molecule has 5 unspecified atom stereocenters. The average molecular weight is 508 g/mol. The molecule has 0 aliphatic carbocycles. The number of aliphatic carboxylic acids is 1. The van der Waals surface area contributed by atoms with Crippen molar-refractivity contribution in [2.75, 3.05) is 6.54 Å². The van der Waals surface area contributed by atoms with Crippen molar-refractivity contribution in [3.05, 3.63) is 35.9 Å². The van der Waals surface area contributed by atoms with E-state index in [1.54, 1.807) is 24.3 Å². The maximum Gasteiger partial charge on any atom is 0.326 e. The van der Waals surface area contributed by atoms with Crippen LogP contribution in [0.25, 0.3) is 0 Å². The molecule has 0 heterocycles. The van der Waals surface area contributed by atoms with Gasteiger partial charge in [-0.05, 0) is 44.2 Å².